The van der Waals surface area contributed by atoms with Crippen LogP contribution in [0.2, 0.25) is 0 Å². The fourth-order valence-corrected chi connectivity index (χ4v) is 1.26. The molecule has 0 aliphatic heterocycles. The van der Waals surface area contributed by atoms with Crippen molar-refractivity contribution in [1.29, 1.82) is 0 Å². The van der Waals surface area contributed by atoms with Crippen LogP contribution < -0.4 is 5.73 Å². The van der Waals surface area contributed by atoms with Crippen LogP contribution >= 0.6 is 12.4 Å². The molecule has 2 rings (SSSR count). The highest BCUT2D eigenvalue weighted by Gasteiger charge is 1.98. The standard InChI is InChI=1S/C9H11N3.ClH/c10-6-5-9-11-7-3-1-2-4-8(7)12-9;/h1-4H,5-6,10H2,(H,11,12);1H. The van der Waals surface area contributed by atoms with Gasteiger partial charge in [0.2, 0.25) is 0 Å². The van der Waals surface area contributed by atoms with Crippen LogP contribution in [-0.2, 0) is 6.42 Å². The third-order valence-electron chi connectivity index (χ3n) is 1.82. The molecule has 0 bridgehead atoms. The van der Waals surface area contributed by atoms with E-state index in [0.29, 0.717) is 6.54 Å². The molecule has 3 nitrogen and oxygen atoms in total. The van der Waals surface area contributed by atoms with E-state index in [-0.39, 0.29) is 12.4 Å². The number of nitrogens with two attached hydrogens (primary N) is 1. The van der Waals surface area contributed by atoms with Crippen molar-refractivity contribution in [3.05, 3.63) is 30.1 Å². The molecule has 0 spiro atoms. The minimum absolute atomic E-state index is 0. The second kappa shape index (κ2) is 4.25. The zero-order valence-corrected chi connectivity index (χ0v) is 7.97. The molecule has 2 aromatic rings. The fourth-order valence-electron chi connectivity index (χ4n) is 1.26. The van der Waals surface area contributed by atoms with E-state index in [4.69, 9.17) is 5.73 Å². The van der Waals surface area contributed by atoms with E-state index in [1.54, 1.807) is 0 Å². The van der Waals surface area contributed by atoms with Crippen LogP contribution in [0, 0.1) is 0 Å². The molecule has 0 amide bonds. The summed E-state index contributed by atoms with van der Waals surface area (Å²) in [7, 11) is 0. The molecule has 0 atom stereocenters. The first-order chi connectivity index (χ1) is 5.90. The van der Waals surface area contributed by atoms with Crippen molar-refractivity contribution >= 4 is 23.4 Å². The van der Waals surface area contributed by atoms with E-state index in [9.17, 15) is 0 Å². The van der Waals surface area contributed by atoms with Crippen LogP contribution in [0.5, 0.6) is 0 Å². The molecule has 0 aliphatic carbocycles. The number of fused-ring (bicyclic) bond motifs is 1. The molecule has 1 aromatic carbocycles. The molecular weight excluding hydrogens is 186 g/mol. The summed E-state index contributed by atoms with van der Waals surface area (Å²) in [5.41, 5.74) is 7.52. The molecule has 70 valence electrons. The van der Waals surface area contributed by atoms with E-state index in [2.05, 4.69) is 9.97 Å². The van der Waals surface area contributed by atoms with Gasteiger partial charge in [-0.25, -0.2) is 4.98 Å². The Hall–Kier alpha value is -1.06. The molecule has 13 heavy (non-hydrogen) atoms. The van der Waals surface area contributed by atoms with Gasteiger partial charge in [-0.3, -0.25) is 0 Å². The molecule has 0 saturated heterocycles. The molecule has 0 unspecified atom stereocenters. The summed E-state index contributed by atoms with van der Waals surface area (Å²) in [6, 6.07) is 7.98. The van der Waals surface area contributed by atoms with Crippen molar-refractivity contribution in [2.75, 3.05) is 6.54 Å². The van der Waals surface area contributed by atoms with Crippen molar-refractivity contribution in [2.24, 2.45) is 5.73 Å². The second-order valence-electron chi connectivity index (χ2n) is 2.74. The molecule has 1 aromatic heterocycles. The Bertz CT molecular complexity index is 350. The van der Waals surface area contributed by atoms with E-state index in [1.165, 1.54) is 0 Å². The zero-order chi connectivity index (χ0) is 8.39. The number of benzene rings is 1. The van der Waals surface area contributed by atoms with Gasteiger partial charge >= 0.3 is 0 Å². The van der Waals surface area contributed by atoms with Gasteiger partial charge in [-0.1, -0.05) is 12.1 Å². The molecule has 0 radical (unpaired) electrons. The topological polar surface area (TPSA) is 54.7 Å². The number of nitrogens with zero attached hydrogens (tertiary/aromatic N) is 1. The maximum atomic E-state index is 5.42. The zero-order valence-electron chi connectivity index (χ0n) is 7.16. The lowest BCUT2D eigenvalue weighted by Gasteiger charge is -1.87. The summed E-state index contributed by atoms with van der Waals surface area (Å²) in [4.78, 5) is 7.57. The SMILES string of the molecule is Cl.NCCc1nc2ccccc2[nH]1. The Morgan fingerprint density at radius 2 is 2.08 bits per heavy atom. The van der Waals surface area contributed by atoms with Gasteiger partial charge in [-0.15, -0.1) is 12.4 Å². The van der Waals surface area contributed by atoms with Crippen molar-refractivity contribution in [3.63, 3.8) is 0 Å². The summed E-state index contributed by atoms with van der Waals surface area (Å²) in [6.45, 7) is 0.639. The third kappa shape index (κ3) is 1.99. The molecule has 0 saturated carbocycles. The van der Waals surface area contributed by atoms with Crippen molar-refractivity contribution in [1.82, 2.24) is 9.97 Å². The lowest BCUT2D eigenvalue weighted by molar-refractivity contribution is 0.900. The Morgan fingerprint density at radius 3 is 2.77 bits per heavy atom. The third-order valence-corrected chi connectivity index (χ3v) is 1.82. The normalized spacial score (nSPS) is 9.92. The minimum atomic E-state index is 0. The number of aromatic amines is 1. The van der Waals surface area contributed by atoms with Crippen molar-refractivity contribution in [3.8, 4) is 0 Å². The fraction of sp³-hybridized carbons (Fsp3) is 0.222. The molecule has 0 fully saturated rings. The van der Waals surface area contributed by atoms with E-state index >= 15 is 0 Å². The summed E-state index contributed by atoms with van der Waals surface area (Å²) in [5.74, 6) is 0.971. The minimum Gasteiger partial charge on any atom is -0.342 e. The van der Waals surface area contributed by atoms with Crippen LogP contribution in [0.25, 0.3) is 11.0 Å². The van der Waals surface area contributed by atoms with Gasteiger partial charge in [0.25, 0.3) is 0 Å². The smallest absolute Gasteiger partial charge is 0.108 e. The predicted octanol–water partition coefficient (Wildman–Crippen LogP) is 1.49. The first kappa shape index (κ1) is 10.0. The second-order valence-corrected chi connectivity index (χ2v) is 2.74. The van der Waals surface area contributed by atoms with E-state index < -0.39 is 0 Å². The Morgan fingerprint density at radius 1 is 1.31 bits per heavy atom. The number of rotatable bonds is 2. The van der Waals surface area contributed by atoms with Gasteiger partial charge in [-0.05, 0) is 18.7 Å². The van der Waals surface area contributed by atoms with Crippen LogP contribution in [0.1, 0.15) is 5.82 Å². The highest BCUT2D eigenvalue weighted by molar-refractivity contribution is 5.85. The number of imidazole rings is 1. The first-order valence-electron chi connectivity index (χ1n) is 4.04. The number of nitrogens with one attached hydrogen (secondary N) is 1. The van der Waals surface area contributed by atoms with E-state index in [0.717, 1.165) is 23.3 Å². The van der Waals surface area contributed by atoms with Gasteiger partial charge in [0.05, 0.1) is 11.0 Å². The molecule has 4 heteroatoms. The number of halogens is 1. The molecule has 1 heterocycles. The average Bonchev–Trinajstić information content (AvgIpc) is 2.47. The van der Waals surface area contributed by atoms with Gasteiger partial charge in [0, 0.05) is 6.42 Å². The number of hydrogen-bond donors (Lipinski definition) is 2. The lowest BCUT2D eigenvalue weighted by Crippen LogP contribution is -2.03. The Kier molecular flexibility index (Phi) is 3.28. The average molecular weight is 198 g/mol. The lowest BCUT2D eigenvalue weighted by atomic mass is 10.3. The van der Waals surface area contributed by atoms with Crippen molar-refractivity contribution < 1.29 is 0 Å². The Labute approximate surface area is 82.8 Å². The summed E-state index contributed by atoms with van der Waals surface area (Å²) in [6.07, 6.45) is 0.814. The van der Waals surface area contributed by atoms with Gasteiger partial charge in [0.1, 0.15) is 5.82 Å². The molecule has 0 aliphatic rings. The first-order valence-corrected chi connectivity index (χ1v) is 4.04. The largest absolute Gasteiger partial charge is 0.342 e. The summed E-state index contributed by atoms with van der Waals surface area (Å²) in [5, 5.41) is 0. The quantitative estimate of drug-likeness (QED) is 0.767. The molecule has 3 N–H and O–H groups in total. The van der Waals surface area contributed by atoms with E-state index in [1.807, 2.05) is 24.3 Å². The number of aromatic nitrogens is 2. The predicted molar refractivity (Wildman–Crippen MR) is 56.1 cm³/mol. The number of hydrogen-bond acceptors (Lipinski definition) is 2. The maximum absolute atomic E-state index is 5.42. The monoisotopic (exact) mass is 197 g/mol. The maximum Gasteiger partial charge on any atom is 0.108 e. The summed E-state index contributed by atoms with van der Waals surface area (Å²) < 4.78 is 0. The van der Waals surface area contributed by atoms with Crippen LogP contribution in [0.15, 0.2) is 24.3 Å². The number of para-hydroxylation sites is 2. The van der Waals surface area contributed by atoms with Gasteiger partial charge < -0.3 is 10.7 Å². The van der Waals surface area contributed by atoms with Gasteiger partial charge in [0.15, 0.2) is 0 Å². The van der Waals surface area contributed by atoms with Crippen molar-refractivity contribution in [2.45, 2.75) is 6.42 Å². The van der Waals surface area contributed by atoms with Gasteiger partial charge in [-0.2, -0.15) is 0 Å². The Balaban J connectivity index is 0.000000845. The van der Waals surface area contributed by atoms with Crippen LogP contribution in [-0.4, -0.2) is 16.5 Å². The van der Waals surface area contributed by atoms with Crippen LogP contribution in [0.4, 0.5) is 0 Å². The van der Waals surface area contributed by atoms with Crippen LogP contribution in [0.3, 0.4) is 0 Å². The summed E-state index contributed by atoms with van der Waals surface area (Å²) >= 11 is 0. The number of H-pyrrole nitrogens is 1. The molecular formula is C9H12ClN3. The highest BCUT2D eigenvalue weighted by atomic mass is 35.5. The highest BCUT2D eigenvalue weighted by Crippen LogP contribution is 2.09.